The molecule has 0 saturated carbocycles. The van der Waals surface area contributed by atoms with E-state index in [0.717, 1.165) is 53.6 Å². The van der Waals surface area contributed by atoms with Crippen LogP contribution in [-0.4, -0.2) is 34.8 Å². The fourth-order valence-electron chi connectivity index (χ4n) is 2.41. The third kappa shape index (κ3) is 2.62. The van der Waals surface area contributed by atoms with Gasteiger partial charge in [-0.05, 0) is 52.2 Å². The normalized spacial score (nSPS) is 18.4. The van der Waals surface area contributed by atoms with Crippen LogP contribution in [0.2, 0.25) is 0 Å². The van der Waals surface area contributed by atoms with Crippen LogP contribution >= 0.6 is 27.3 Å². The molecule has 2 aromatic heterocycles. The van der Waals surface area contributed by atoms with E-state index in [1.54, 1.807) is 11.3 Å². The van der Waals surface area contributed by atoms with E-state index in [4.69, 9.17) is 5.73 Å². The number of H-pyrrole nitrogens is 1. The molecule has 0 atom stereocenters. The van der Waals surface area contributed by atoms with Gasteiger partial charge in [-0.25, -0.2) is 0 Å². The van der Waals surface area contributed by atoms with Gasteiger partial charge in [0.05, 0.1) is 4.88 Å². The van der Waals surface area contributed by atoms with Crippen LogP contribution in [0.1, 0.15) is 19.8 Å². The molecule has 1 aliphatic heterocycles. The lowest BCUT2D eigenvalue weighted by Crippen LogP contribution is -2.42. The number of halogens is 1. The molecule has 0 aliphatic carbocycles. The maximum Gasteiger partial charge on any atom is 0.245 e. The molecule has 3 N–H and O–H groups in total. The number of hydrogen-bond donors (Lipinski definition) is 2. The first-order chi connectivity index (χ1) is 9.61. The van der Waals surface area contributed by atoms with E-state index >= 15 is 0 Å². The highest BCUT2D eigenvalue weighted by molar-refractivity contribution is 9.10. The molecule has 1 aliphatic rings. The van der Waals surface area contributed by atoms with Gasteiger partial charge in [-0.1, -0.05) is 6.92 Å². The molecule has 0 bridgehead atoms. The number of aromatic amines is 1. The Labute approximate surface area is 130 Å². The summed E-state index contributed by atoms with van der Waals surface area (Å²) in [7, 11) is 0. The molecule has 108 valence electrons. The van der Waals surface area contributed by atoms with Crippen molar-refractivity contribution in [3.8, 4) is 10.7 Å². The second kappa shape index (κ2) is 5.46. The van der Waals surface area contributed by atoms with Crippen LogP contribution in [0.5, 0.6) is 0 Å². The van der Waals surface area contributed by atoms with E-state index in [2.05, 4.69) is 42.9 Å². The number of nitrogens with two attached hydrogens (primary N) is 1. The molecule has 0 aromatic carbocycles. The average Bonchev–Trinajstić information content (AvgIpc) is 3.08. The Balaban J connectivity index is 1.74. The van der Waals surface area contributed by atoms with Crippen molar-refractivity contribution < 1.29 is 0 Å². The summed E-state index contributed by atoms with van der Waals surface area (Å²) >= 11 is 5.18. The number of nitrogens with one attached hydrogen (secondary N) is 1. The molecule has 0 radical (unpaired) electrons. The van der Waals surface area contributed by atoms with Gasteiger partial charge in [0.25, 0.3) is 0 Å². The zero-order valence-electron chi connectivity index (χ0n) is 11.4. The Morgan fingerprint density at radius 3 is 2.85 bits per heavy atom. The molecule has 1 saturated heterocycles. The maximum absolute atomic E-state index is 5.85. The summed E-state index contributed by atoms with van der Waals surface area (Å²) in [6, 6.07) is 2.02. The lowest BCUT2D eigenvalue weighted by atomic mass is 9.81. The molecule has 3 rings (SSSR count). The van der Waals surface area contributed by atoms with Crippen molar-refractivity contribution >= 4 is 33.2 Å². The Morgan fingerprint density at radius 2 is 2.25 bits per heavy atom. The highest BCUT2D eigenvalue weighted by Crippen LogP contribution is 2.34. The maximum atomic E-state index is 5.85. The van der Waals surface area contributed by atoms with Gasteiger partial charge in [0.1, 0.15) is 0 Å². The van der Waals surface area contributed by atoms with E-state index < -0.39 is 0 Å². The second-order valence-corrected chi connectivity index (χ2v) is 7.35. The number of hydrogen-bond acceptors (Lipinski definition) is 5. The number of aromatic nitrogens is 3. The van der Waals surface area contributed by atoms with E-state index in [1.807, 2.05) is 11.4 Å². The highest BCUT2D eigenvalue weighted by Gasteiger charge is 2.30. The number of thiophene rings is 1. The average molecular weight is 356 g/mol. The SMILES string of the molecule is CC1(CN)CCN(c2n[nH]c(-c3sccc3Br)n2)CC1. The molecule has 2 aromatic rings. The van der Waals surface area contributed by atoms with E-state index in [0.29, 0.717) is 0 Å². The summed E-state index contributed by atoms with van der Waals surface area (Å²) in [6.45, 7) is 4.95. The minimum atomic E-state index is 0.270. The third-order valence-corrected chi connectivity index (χ3v) is 5.90. The lowest BCUT2D eigenvalue weighted by molar-refractivity contribution is 0.257. The van der Waals surface area contributed by atoms with Gasteiger partial charge in [0.2, 0.25) is 5.95 Å². The standard InChI is InChI=1S/C13H18BrN5S/c1-13(8-15)3-5-19(6-4-13)12-16-11(17-18-12)10-9(14)2-7-20-10/h2,7H,3-6,8,15H2,1H3,(H,16,17,18). The minimum absolute atomic E-state index is 0.270. The third-order valence-electron chi connectivity index (χ3n) is 4.05. The van der Waals surface area contributed by atoms with Crippen molar-refractivity contribution in [2.45, 2.75) is 19.8 Å². The van der Waals surface area contributed by atoms with Crippen LogP contribution in [0.4, 0.5) is 5.95 Å². The van der Waals surface area contributed by atoms with Crippen LogP contribution < -0.4 is 10.6 Å². The van der Waals surface area contributed by atoms with Gasteiger partial charge in [0.15, 0.2) is 5.82 Å². The topological polar surface area (TPSA) is 70.8 Å². The Bertz CT molecular complexity index is 585. The number of anilines is 1. The van der Waals surface area contributed by atoms with Crippen molar-refractivity contribution in [3.05, 3.63) is 15.9 Å². The van der Waals surface area contributed by atoms with Crippen LogP contribution in [0.15, 0.2) is 15.9 Å². The largest absolute Gasteiger partial charge is 0.339 e. The number of piperidine rings is 1. The van der Waals surface area contributed by atoms with E-state index in [-0.39, 0.29) is 5.41 Å². The van der Waals surface area contributed by atoms with Crippen molar-refractivity contribution in [2.24, 2.45) is 11.1 Å². The first kappa shape index (κ1) is 14.0. The first-order valence-corrected chi connectivity index (χ1v) is 8.39. The molecule has 5 nitrogen and oxygen atoms in total. The highest BCUT2D eigenvalue weighted by atomic mass is 79.9. The number of rotatable bonds is 3. The van der Waals surface area contributed by atoms with Crippen molar-refractivity contribution in [2.75, 3.05) is 24.5 Å². The van der Waals surface area contributed by atoms with Crippen LogP contribution in [-0.2, 0) is 0 Å². The molecule has 3 heterocycles. The molecule has 0 unspecified atom stereocenters. The molecule has 0 spiro atoms. The van der Waals surface area contributed by atoms with Gasteiger partial charge in [0, 0.05) is 17.6 Å². The fraction of sp³-hybridized carbons (Fsp3) is 0.538. The summed E-state index contributed by atoms with van der Waals surface area (Å²) < 4.78 is 1.06. The summed E-state index contributed by atoms with van der Waals surface area (Å²) in [5.74, 6) is 1.62. The molecular weight excluding hydrogens is 338 g/mol. The van der Waals surface area contributed by atoms with Gasteiger partial charge >= 0.3 is 0 Å². The van der Waals surface area contributed by atoms with E-state index in [9.17, 15) is 0 Å². The lowest BCUT2D eigenvalue weighted by Gasteiger charge is -2.38. The molecular formula is C13H18BrN5S. The first-order valence-electron chi connectivity index (χ1n) is 6.72. The van der Waals surface area contributed by atoms with E-state index in [1.165, 1.54) is 0 Å². The minimum Gasteiger partial charge on any atom is -0.339 e. The van der Waals surface area contributed by atoms with Crippen LogP contribution in [0.3, 0.4) is 0 Å². The van der Waals surface area contributed by atoms with Gasteiger partial charge in [-0.15, -0.1) is 16.4 Å². The zero-order valence-corrected chi connectivity index (χ0v) is 13.8. The van der Waals surface area contributed by atoms with Crippen molar-refractivity contribution in [3.63, 3.8) is 0 Å². The summed E-state index contributed by atoms with van der Waals surface area (Å²) in [6.07, 6.45) is 2.19. The van der Waals surface area contributed by atoms with Gasteiger partial charge in [-0.3, -0.25) is 5.10 Å². The summed E-state index contributed by atoms with van der Waals surface area (Å²) in [5.41, 5.74) is 6.12. The van der Waals surface area contributed by atoms with Crippen molar-refractivity contribution in [1.82, 2.24) is 15.2 Å². The van der Waals surface area contributed by atoms with Gasteiger partial charge < -0.3 is 10.6 Å². The second-order valence-electron chi connectivity index (χ2n) is 5.58. The Hall–Kier alpha value is -0.920. The van der Waals surface area contributed by atoms with Gasteiger partial charge in [-0.2, -0.15) is 4.98 Å². The molecule has 1 fully saturated rings. The molecule has 20 heavy (non-hydrogen) atoms. The summed E-state index contributed by atoms with van der Waals surface area (Å²) in [5, 5.41) is 9.43. The van der Waals surface area contributed by atoms with Crippen LogP contribution in [0, 0.1) is 5.41 Å². The Kier molecular flexibility index (Phi) is 3.83. The zero-order chi connectivity index (χ0) is 14.2. The molecule has 7 heteroatoms. The monoisotopic (exact) mass is 355 g/mol. The predicted octanol–water partition coefficient (Wildman–Crippen LogP) is 2.86. The number of nitrogens with zero attached hydrogens (tertiary/aromatic N) is 3. The quantitative estimate of drug-likeness (QED) is 0.887. The van der Waals surface area contributed by atoms with Crippen molar-refractivity contribution in [1.29, 1.82) is 0 Å². The Morgan fingerprint density at radius 1 is 1.50 bits per heavy atom. The summed E-state index contributed by atoms with van der Waals surface area (Å²) in [4.78, 5) is 7.94. The fourth-order valence-corrected chi connectivity index (χ4v) is 3.91. The smallest absolute Gasteiger partial charge is 0.245 e. The van der Waals surface area contributed by atoms with Crippen LogP contribution in [0.25, 0.3) is 10.7 Å². The predicted molar refractivity (Wildman–Crippen MR) is 86.0 cm³/mol. The molecule has 0 amide bonds.